The van der Waals surface area contributed by atoms with Crippen molar-refractivity contribution < 1.29 is 14.3 Å². The van der Waals surface area contributed by atoms with Crippen LogP contribution in [0, 0.1) is 6.92 Å². The highest BCUT2D eigenvalue weighted by Crippen LogP contribution is 2.23. The monoisotopic (exact) mass is 269 g/mol. The van der Waals surface area contributed by atoms with Gasteiger partial charge in [0.1, 0.15) is 5.76 Å². The average Bonchev–Trinajstić information content (AvgIpc) is 2.70. The molecule has 1 aliphatic rings. The number of carboxylic acid groups (broad SMARTS) is 1. The maximum absolute atomic E-state index is 10.9. The van der Waals surface area contributed by atoms with E-state index >= 15 is 0 Å². The van der Waals surface area contributed by atoms with Gasteiger partial charge in [-0.1, -0.05) is 6.92 Å². The molecule has 1 aromatic rings. The summed E-state index contributed by atoms with van der Waals surface area (Å²) in [6.07, 6.45) is 1.18. The summed E-state index contributed by atoms with van der Waals surface area (Å²) in [5.41, 5.74) is 0.705. The van der Waals surface area contributed by atoms with E-state index in [1.54, 1.807) is 6.92 Å². The molecule has 0 spiro atoms. The van der Waals surface area contributed by atoms with E-state index in [0.717, 1.165) is 24.6 Å². The van der Waals surface area contributed by atoms with E-state index in [4.69, 9.17) is 9.52 Å². The van der Waals surface area contributed by atoms with E-state index in [-0.39, 0.29) is 5.76 Å². The van der Waals surface area contributed by atoms with Crippen molar-refractivity contribution in [3.63, 3.8) is 0 Å². The van der Waals surface area contributed by atoms with Gasteiger partial charge in [0, 0.05) is 29.7 Å². The Kier molecular flexibility index (Phi) is 4.35. The molecule has 0 amide bonds. The standard InChI is InChI=1S/C13H19NO3S/c1-3-11-8-14(4-5-18-11)7-10-6-9(2)12(17-10)13(15)16/h6,11H,3-5,7-8H2,1-2H3,(H,15,16). The first-order chi connectivity index (χ1) is 8.60. The van der Waals surface area contributed by atoms with Crippen LogP contribution in [0.15, 0.2) is 10.5 Å². The zero-order chi connectivity index (χ0) is 13.1. The number of nitrogens with zero attached hydrogens (tertiary/aromatic N) is 1. The molecule has 1 fully saturated rings. The van der Waals surface area contributed by atoms with Gasteiger partial charge in [0.25, 0.3) is 0 Å². The molecule has 2 heterocycles. The number of rotatable bonds is 4. The number of aromatic carboxylic acids is 1. The Labute approximate surface area is 111 Å². The van der Waals surface area contributed by atoms with Crippen LogP contribution >= 0.6 is 11.8 Å². The Morgan fingerprint density at radius 2 is 2.44 bits per heavy atom. The van der Waals surface area contributed by atoms with E-state index in [9.17, 15) is 4.79 Å². The minimum atomic E-state index is -0.987. The fraction of sp³-hybridized carbons (Fsp3) is 0.615. The topological polar surface area (TPSA) is 53.7 Å². The lowest BCUT2D eigenvalue weighted by Gasteiger charge is -2.31. The number of hydrogen-bond donors (Lipinski definition) is 1. The molecular weight excluding hydrogens is 250 g/mol. The summed E-state index contributed by atoms with van der Waals surface area (Å²) < 4.78 is 5.40. The van der Waals surface area contributed by atoms with Gasteiger partial charge in [-0.3, -0.25) is 4.90 Å². The number of thioether (sulfide) groups is 1. The lowest BCUT2D eigenvalue weighted by atomic mass is 10.2. The largest absolute Gasteiger partial charge is 0.475 e. The van der Waals surface area contributed by atoms with Gasteiger partial charge in [-0.2, -0.15) is 11.8 Å². The van der Waals surface area contributed by atoms with Crippen LogP contribution in [0.1, 0.15) is 35.2 Å². The van der Waals surface area contributed by atoms with Gasteiger partial charge in [0.15, 0.2) is 0 Å². The maximum Gasteiger partial charge on any atom is 0.372 e. The summed E-state index contributed by atoms with van der Waals surface area (Å²) in [6, 6.07) is 1.84. The zero-order valence-electron chi connectivity index (χ0n) is 10.8. The molecule has 1 atom stereocenters. The van der Waals surface area contributed by atoms with E-state index in [1.165, 1.54) is 6.42 Å². The number of furan rings is 1. The molecule has 5 heteroatoms. The molecule has 1 unspecified atom stereocenters. The predicted molar refractivity (Wildman–Crippen MR) is 72.2 cm³/mol. The number of hydrogen-bond acceptors (Lipinski definition) is 4. The van der Waals surface area contributed by atoms with Gasteiger partial charge in [0.2, 0.25) is 5.76 Å². The molecule has 18 heavy (non-hydrogen) atoms. The van der Waals surface area contributed by atoms with Crippen molar-refractivity contribution in [1.29, 1.82) is 0 Å². The smallest absolute Gasteiger partial charge is 0.372 e. The first kappa shape index (κ1) is 13.5. The number of carbonyl (C=O) groups is 1. The van der Waals surface area contributed by atoms with E-state index in [0.29, 0.717) is 17.4 Å². The van der Waals surface area contributed by atoms with Crippen molar-refractivity contribution in [2.45, 2.75) is 32.1 Å². The Bertz CT molecular complexity index is 430. The molecule has 2 rings (SSSR count). The fourth-order valence-electron chi connectivity index (χ4n) is 2.23. The third-order valence-electron chi connectivity index (χ3n) is 3.22. The van der Waals surface area contributed by atoms with Crippen LogP contribution in [-0.2, 0) is 6.54 Å². The molecule has 1 aromatic heterocycles. The van der Waals surface area contributed by atoms with E-state index < -0.39 is 5.97 Å². The van der Waals surface area contributed by atoms with Crippen LogP contribution in [0.5, 0.6) is 0 Å². The van der Waals surface area contributed by atoms with Gasteiger partial charge in [-0.05, 0) is 19.4 Å². The van der Waals surface area contributed by atoms with Gasteiger partial charge >= 0.3 is 5.97 Å². The lowest BCUT2D eigenvalue weighted by Crippen LogP contribution is -2.36. The Balaban J connectivity index is 2.00. The summed E-state index contributed by atoms with van der Waals surface area (Å²) in [5.74, 6) is 0.985. The van der Waals surface area contributed by atoms with Gasteiger partial charge < -0.3 is 9.52 Å². The number of carboxylic acids is 1. The SMILES string of the molecule is CCC1CN(Cc2cc(C)c(C(=O)O)o2)CCS1. The second-order valence-corrected chi connectivity index (χ2v) is 6.07. The molecule has 4 nitrogen and oxygen atoms in total. The molecule has 0 saturated carbocycles. The summed E-state index contributed by atoms with van der Waals surface area (Å²) in [5, 5.41) is 9.64. The highest BCUT2D eigenvalue weighted by atomic mass is 32.2. The Morgan fingerprint density at radius 1 is 1.67 bits per heavy atom. The average molecular weight is 269 g/mol. The molecule has 0 radical (unpaired) electrons. The Hall–Kier alpha value is -0.940. The Morgan fingerprint density at radius 3 is 3.06 bits per heavy atom. The minimum absolute atomic E-state index is 0.0726. The lowest BCUT2D eigenvalue weighted by molar-refractivity contribution is 0.0657. The highest BCUT2D eigenvalue weighted by Gasteiger charge is 2.21. The van der Waals surface area contributed by atoms with Gasteiger partial charge in [-0.25, -0.2) is 4.79 Å². The first-order valence-corrected chi connectivity index (χ1v) is 7.31. The van der Waals surface area contributed by atoms with Gasteiger partial charge in [-0.15, -0.1) is 0 Å². The molecule has 0 aromatic carbocycles. The van der Waals surface area contributed by atoms with E-state index in [1.807, 2.05) is 17.8 Å². The quantitative estimate of drug-likeness (QED) is 0.910. The third-order valence-corrected chi connectivity index (χ3v) is 4.59. The molecular formula is C13H19NO3S. The highest BCUT2D eigenvalue weighted by molar-refractivity contribution is 8.00. The maximum atomic E-state index is 10.9. The van der Waals surface area contributed by atoms with Crippen molar-refractivity contribution in [2.75, 3.05) is 18.8 Å². The summed E-state index contributed by atoms with van der Waals surface area (Å²) in [6.45, 7) is 6.80. The van der Waals surface area contributed by atoms with Crippen molar-refractivity contribution in [2.24, 2.45) is 0 Å². The third kappa shape index (κ3) is 3.09. The van der Waals surface area contributed by atoms with Crippen LogP contribution < -0.4 is 0 Å². The van der Waals surface area contributed by atoms with Crippen LogP contribution in [0.4, 0.5) is 0 Å². The van der Waals surface area contributed by atoms with Crippen LogP contribution in [0.2, 0.25) is 0 Å². The van der Waals surface area contributed by atoms with Crippen molar-refractivity contribution >= 4 is 17.7 Å². The molecule has 1 aliphatic heterocycles. The number of aryl methyl sites for hydroxylation is 1. The second kappa shape index (κ2) is 5.80. The van der Waals surface area contributed by atoms with E-state index in [2.05, 4.69) is 11.8 Å². The van der Waals surface area contributed by atoms with Crippen LogP contribution in [0.25, 0.3) is 0 Å². The molecule has 0 aliphatic carbocycles. The summed E-state index contributed by atoms with van der Waals surface area (Å²) >= 11 is 2.02. The molecule has 0 bridgehead atoms. The molecule has 1 N–H and O–H groups in total. The normalized spacial score (nSPS) is 21.1. The summed E-state index contributed by atoms with van der Waals surface area (Å²) in [4.78, 5) is 13.3. The molecule has 1 saturated heterocycles. The fourth-order valence-corrected chi connectivity index (χ4v) is 3.48. The van der Waals surface area contributed by atoms with Crippen LogP contribution in [-0.4, -0.2) is 40.1 Å². The van der Waals surface area contributed by atoms with Crippen molar-refractivity contribution in [3.8, 4) is 0 Å². The van der Waals surface area contributed by atoms with Gasteiger partial charge in [0.05, 0.1) is 6.54 Å². The zero-order valence-corrected chi connectivity index (χ0v) is 11.6. The van der Waals surface area contributed by atoms with Crippen molar-refractivity contribution in [3.05, 3.63) is 23.2 Å². The molecule has 100 valence electrons. The summed E-state index contributed by atoms with van der Waals surface area (Å²) in [7, 11) is 0. The first-order valence-electron chi connectivity index (χ1n) is 6.26. The van der Waals surface area contributed by atoms with Crippen molar-refractivity contribution in [1.82, 2.24) is 4.90 Å². The second-order valence-electron chi connectivity index (χ2n) is 4.67. The predicted octanol–water partition coefficient (Wildman–Crippen LogP) is 2.61. The van der Waals surface area contributed by atoms with Crippen LogP contribution in [0.3, 0.4) is 0 Å². The minimum Gasteiger partial charge on any atom is -0.475 e.